The van der Waals surface area contributed by atoms with E-state index in [2.05, 4.69) is 41.4 Å². The maximum absolute atomic E-state index is 12.5. The second-order valence-electron chi connectivity index (χ2n) is 7.01. The first-order valence-electron chi connectivity index (χ1n) is 8.98. The molecule has 1 amide bonds. The zero-order chi connectivity index (χ0) is 18.1. The number of aromatic nitrogens is 3. The highest BCUT2D eigenvalue weighted by Gasteiger charge is 2.23. The van der Waals surface area contributed by atoms with E-state index >= 15 is 0 Å². The van der Waals surface area contributed by atoms with Gasteiger partial charge in [-0.2, -0.15) is 5.10 Å². The molecular weight excluding hydrogens is 328 g/mol. The molecule has 0 aliphatic carbocycles. The molecule has 1 N–H and O–H groups in total. The van der Waals surface area contributed by atoms with Gasteiger partial charge in [-0.1, -0.05) is 32.0 Å². The van der Waals surface area contributed by atoms with E-state index < -0.39 is 0 Å². The average Bonchev–Trinajstić information content (AvgIpc) is 3.31. The van der Waals surface area contributed by atoms with Crippen molar-refractivity contribution >= 4 is 5.91 Å². The Kier molecular flexibility index (Phi) is 4.32. The number of carbonyl (C=O) groups excluding carboxylic acids is 1. The predicted molar refractivity (Wildman–Crippen MR) is 97.8 cm³/mol. The van der Waals surface area contributed by atoms with E-state index in [1.54, 1.807) is 12.4 Å². The average molecular weight is 350 g/mol. The molecule has 1 aliphatic heterocycles. The lowest BCUT2D eigenvalue weighted by Crippen LogP contribution is -2.41. The summed E-state index contributed by atoms with van der Waals surface area (Å²) in [5.41, 5.74) is 2.23. The molecular formula is C20H22N4O2. The molecule has 26 heavy (non-hydrogen) atoms. The van der Waals surface area contributed by atoms with Crippen LogP contribution in [0.3, 0.4) is 0 Å². The molecule has 1 atom stereocenters. The number of hydrogen-bond acceptors (Lipinski definition) is 4. The van der Waals surface area contributed by atoms with E-state index in [-0.39, 0.29) is 11.9 Å². The summed E-state index contributed by atoms with van der Waals surface area (Å²) in [6.45, 7) is 4.96. The molecule has 0 bridgehead atoms. The summed E-state index contributed by atoms with van der Waals surface area (Å²) >= 11 is 0. The first kappa shape index (κ1) is 16.6. The van der Waals surface area contributed by atoms with Crippen LogP contribution in [0.25, 0.3) is 11.3 Å². The van der Waals surface area contributed by atoms with Crippen molar-refractivity contribution in [3.05, 3.63) is 59.9 Å². The highest BCUT2D eigenvalue weighted by atomic mass is 16.3. The van der Waals surface area contributed by atoms with Crippen LogP contribution in [0.15, 0.2) is 47.1 Å². The van der Waals surface area contributed by atoms with Crippen molar-refractivity contribution in [3.63, 3.8) is 0 Å². The SMILES string of the molecule is CC(C)c1cccc(-c2ccc(C(=O)NC3CCc4ncnn4C3)o2)c1. The molecule has 3 aromatic rings. The quantitative estimate of drug-likeness (QED) is 0.783. The molecule has 6 heteroatoms. The fourth-order valence-electron chi connectivity index (χ4n) is 3.28. The second kappa shape index (κ2) is 6.78. The maximum Gasteiger partial charge on any atom is 0.287 e. The molecule has 0 radical (unpaired) electrons. The molecule has 2 aromatic heterocycles. The largest absolute Gasteiger partial charge is 0.451 e. The maximum atomic E-state index is 12.5. The van der Waals surface area contributed by atoms with E-state index in [0.717, 1.165) is 24.2 Å². The molecule has 1 unspecified atom stereocenters. The number of benzene rings is 1. The van der Waals surface area contributed by atoms with Gasteiger partial charge in [-0.3, -0.25) is 4.79 Å². The Morgan fingerprint density at radius 2 is 2.19 bits per heavy atom. The lowest BCUT2D eigenvalue weighted by atomic mass is 10.0. The third-order valence-electron chi connectivity index (χ3n) is 4.81. The molecule has 1 aliphatic rings. The number of amides is 1. The molecule has 0 fully saturated rings. The normalized spacial score (nSPS) is 16.5. The van der Waals surface area contributed by atoms with Crippen LogP contribution in [-0.4, -0.2) is 26.7 Å². The Morgan fingerprint density at radius 1 is 1.31 bits per heavy atom. The van der Waals surface area contributed by atoms with Gasteiger partial charge in [0.05, 0.1) is 6.54 Å². The topological polar surface area (TPSA) is 73.0 Å². The minimum absolute atomic E-state index is 0.0366. The number of nitrogens with one attached hydrogen (secondary N) is 1. The zero-order valence-corrected chi connectivity index (χ0v) is 15.0. The van der Waals surface area contributed by atoms with Gasteiger partial charge in [-0.25, -0.2) is 9.67 Å². The van der Waals surface area contributed by atoms with E-state index in [1.165, 1.54) is 5.56 Å². The number of fused-ring (bicyclic) bond motifs is 1. The van der Waals surface area contributed by atoms with Crippen LogP contribution < -0.4 is 5.32 Å². The van der Waals surface area contributed by atoms with Gasteiger partial charge in [0.25, 0.3) is 5.91 Å². The summed E-state index contributed by atoms with van der Waals surface area (Å²) in [6, 6.07) is 11.9. The fourth-order valence-corrected chi connectivity index (χ4v) is 3.28. The van der Waals surface area contributed by atoms with Gasteiger partial charge in [0.1, 0.15) is 17.9 Å². The van der Waals surface area contributed by atoms with Gasteiger partial charge < -0.3 is 9.73 Å². The minimum Gasteiger partial charge on any atom is -0.451 e. The Hall–Kier alpha value is -2.89. The molecule has 0 spiro atoms. The monoisotopic (exact) mass is 350 g/mol. The summed E-state index contributed by atoms with van der Waals surface area (Å²) in [6.07, 6.45) is 3.23. The van der Waals surface area contributed by atoms with Crippen molar-refractivity contribution in [3.8, 4) is 11.3 Å². The van der Waals surface area contributed by atoms with Crippen LogP contribution in [-0.2, 0) is 13.0 Å². The molecule has 134 valence electrons. The zero-order valence-electron chi connectivity index (χ0n) is 15.0. The van der Waals surface area contributed by atoms with Gasteiger partial charge >= 0.3 is 0 Å². The molecule has 4 rings (SSSR count). The Balaban J connectivity index is 1.46. The predicted octanol–water partition coefficient (Wildman–Crippen LogP) is 3.41. The van der Waals surface area contributed by atoms with E-state index in [9.17, 15) is 4.79 Å². The van der Waals surface area contributed by atoms with Crippen LogP contribution in [0.4, 0.5) is 0 Å². The van der Waals surface area contributed by atoms with Crippen LogP contribution in [0.5, 0.6) is 0 Å². The highest BCUT2D eigenvalue weighted by Crippen LogP contribution is 2.26. The minimum atomic E-state index is -0.190. The van der Waals surface area contributed by atoms with Crippen LogP contribution in [0, 0.1) is 0 Å². The van der Waals surface area contributed by atoms with Crippen molar-refractivity contribution < 1.29 is 9.21 Å². The van der Waals surface area contributed by atoms with Crippen molar-refractivity contribution in [2.45, 2.75) is 45.2 Å². The first-order valence-corrected chi connectivity index (χ1v) is 8.98. The Labute approximate surface area is 152 Å². The van der Waals surface area contributed by atoms with Gasteiger partial charge in [0.2, 0.25) is 0 Å². The van der Waals surface area contributed by atoms with Crippen molar-refractivity contribution in [2.75, 3.05) is 0 Å². The fraction of sp³-hybridized carbons (Fsp3) is 0.350. The third kappa shape index (κ3) is 3.27. The van der Waals surface area contributed by atoms with Gasteiger partial charge in [-0.15, -0.1) is 0 Å². The van der Waals surface area contributed by atoms with Gasteiger partial charge in [0.15, 0.2) is 5.76 Å². The van der Waals surface area contributed by atoms with Crippen LogP contribution in [0.2, 0.25) is 0 Å². The third-order valence-corrected chi connectivity index (χ3v) is 4.81. The van der Waals surface area contributed by atoms with Gasteiger partial charge in [0, 0.05) is 18.0 Å². The Bertz CT molecular complexity index is 925. The van der Waals surface area contributed by atoms with Crippen molar-refractivity contribution in [1.29, 1.82) is 0 Å². The molecule has 0 saturated carbocycles. The van der Waals surface area contributed by atoms with E-state index in [4.69, 9.17) is 4.42 Å². The van der Waals surface area contributed by atoms with E-state index in [0.29, 0.717) is 24.0 Å². The standard InChI is InChI=1S/C20H22N4O2/c1-13(2)14-4-3-5-15(10-14)17-7-8-18(26-17)20(25)23-16-6-9-19-21-12-22-24(19)11-16/h3-5,7-8,10,12-13,16H,6,9,11H2,1-2H3,(H,23,25). The summed E-state index contributed by atoms with van der Waals surface area (Å²) in [5, 5.41) is 7.22. The number of rotatable bonds is 4. The number of nitrogens with zero attached hydrogens (tertiary/aromatic N) is 3. The molecule has 6 nitrogen and oxygen atoms in total. The van der Waals surface area contributed by atoms with Crippen LogP contribution in [0.1, 0.15) is 48.1 Å². The summed E-state index contributed by atoms with van der Waals surface area (Å²) < 4.78 is 7.66. The number of aryl methyl sites for hydroxylation is 1. The van der Waals surface area contributed by atoms with E-state index in [1.807, 2.05) is 22.9 Å². The first-order chi connectivity index (χ1) is 12.6. The summed E-state index contributed by atoms with van der Waals surface area (Å²) in [4.78, 5) is 16.7. The molecule has 1 aromatic carbocycles. The second-order valence-corrected chi connectivity index (χ2v) is 7.01. The number of carbonyl (C=O) groups is 1. The smallest absolute Gasteiger partial charge is 0.287 e. The summed E-state index contributed by atoms with van der Waals surface area (Å²) in [5.74, 6) is 2.27. The van der Waals surface area contributed by atoms with Crippen LogP contribution >= 0.6 is 0 Å². The highest BCUT2D eigenvalue weighted by molar-refractivity contribution is 5.92. The van der Waals surface area contributed by atoms with Gasteiger partial charge in [-0.05, 0) is 36.1 Å². The molecule has 3 heterocycles. The number of hydrogen-bond donors (Lipinski definition) is 1. The van der Waals surface area contributed by atoms with Crippen molar-refractivity contribution in [1.82, 2.24) is 20.1 Å². The van der Waals surface area contributed by atoms with Crippen molar-refractivity contribution in [2.24, 2.45) is 0 Å². The number of furan rings is 1. The lowest BCUT2D eigenvalue weighted by molar-refractivity contribution is 0.0899. The lowest BCUT2D eigenvalue weighted by Gasteiger charge is -2.23. The summed E-state index contributed by atoms with van der Waals surface area (Å²) in [7, 11) is 0. The Morgan fingerprint density at radius 3 is 3.04 bits per heavy atom. The molecule has 0 saturated heterocycles.